The first-order valence-electron chi connectivity index (χ1n) is 8.72. The Bertz CT molecular complexity index is 885. The number of carbonyl (C=O) groups excluding carboxylic acids is 1. The van der Waals surface area contributed by atoms with Gasteiger partial charge in [-0.3, -0.25) is 9.78 Å². The van der Waals surface area contributed by atoms with Crippen LogP contribution in [0.25, 0.3) is 11.3 Å². The second-order valence-corrected chi connectivity index (χ2v) is 6.16. The molecule has 6 heteroatoms. The fraction of sp³-hybridized carbons (Fsp3) is 0.238. The summed E-state index contributed by atoms with van der Waals surface area (Å²) >= 11 is 0. The number of aromatic nitrogens is 3. The van der Waals surface area contributed by atoms with E-state index in [1.807, 2.05) is 55.5 Å². The van der Waals surface area contributed by atoms with E-state index in [1.54, 1.807) is 17.3 Å². The first kappa shape index (κ1) is 18.7. The van der Waals surface area contributed by atoms with Crippen molar-refractivity contribution in [2.24, 2.45) is 0 Å². The van der Waals surface area contributed by atoms with Crippen LogP contribution in [-0.4, -0.2) is 39.5 Å². The Morgan fingerprint density at radius 2 is 1.81 bits per heavy atom. The van der Waals surface area contributed by atoms with Crippen LogP contribution in [0.1, 0.15) is 17.1 Å². The molecule has 0 saturated carbocycles. The van der Waals surface area contributed by atoms with Crippen molar-refractivity contribution in [2.45, 2.75) is 20.0 Å². The number of hydrogen-bond acceptors (Lipinski definition) is 5. The number of amides is 1. The molecule has 0 aliphatic heterocycles. The molecule has 0 aliphatic carbocycles. The number of pyridine rings is 1. The molecule has 0 unspecified atom stereocenters. The highest BCUT2D eigenvalue weighted by Crippen LogP contribution is 2.21. The molecule has 3 aromatic rings. The zero-order valence-electron chi connectivity index (χ0n) is 15.5. The zero-order valence-corrected chi connectivity index (χ0v) is 15.5. The molecule has 0 fully saturated rings. The molecule has 2 aromatic heterocycles. The Kier molecular flexibility index (Phi) is 6.22. The Labute approximate surface area is 158 Å². The molecule has 0 atom stereocenters. The van der Waals surface area contributed by atoms with Crippen molar-refractivity contribution in [1.82, 2.24) is 19.9 Å². The minimum Gasteiger partial charge on any atom is -0.375 e. The van der Waals surface area contributed by atoms with Crippen molar-refractivity contribution in [3.63, 3.8) is 0 Å². The third-order valence-electron chi connectivity index (χ3n) is 4.11. The van der Waals surface area contributed by atoms with Crippen LogP contribution < -0.4 is 0 Å². The molecular weight excluding hydrogens is 340 g/mol. The summed E-state index contributed by atoms with van der Waals surface area (Å²) in [7, 11) is 1.52. The minimum atomic E-state index is -0.0930. The van der Waals surface area contributed by atoms with E-state index in [4.69, 9.17) is 4.74 Å². The van der Waals surface area contributed by atoms with Gasteiger partial charge < -0.3 is 9.64 Å². The van der Waals surface area contributed by atoms with Gasteiger partial charge in [-0.05, 0) is 24.6 Å². The second-order valence-electron chi connectivity index (χ2n) is 6.16. The molecule has 2 heterocycles. The number of nitrogens with zero attached hydrogens (tertiary/aromatic N) is 4. The summed E-state index contributed by atoms with van der Waals surface area (Å²) in [4.78, 5) is 27.7. The van der Waals surface area contributed by atoms with Crippen molar-refractivity contribution in [1.29, 1.82) is 0 Å². The number of benzene rings is 1. The van der Waals surface area contributed by atoms with Crippen LogP contribution in [0, 0.1) is 6.92 Å². The van der Waals surface area contributed by atoms with Crippen LogP contribution in [0.4, 0.5) is 0 Å². The fourth-order valence-electron chi connectivity index (χ4n) is 2.81. The van der Waals surface area contributed by atoms with Gasteiger partial charge in [0.05, 0.1) is 17.9 Å². The molecule has 0 saturated heterocycles. The topological polar surface area (TPSA) is 68.2 Å². The predicted octanol–water partition coefficient (Wildman–Crippen LogP) is 3.02. The summed E-state index contributed by atoms with van der Waals surface area (Å²) in [5.41, 5.74) is 3.42. The Morgan fingerprint density at radius 1 is 1.04 bits per heavy atom. The van der Waals surface area contributed by atoms with Crippen molar-refractivity contribution < 1.29 is 9.53 Å². The van der Waals surface area contributed by atoms with Gasteiger partial charge in [-0.15, -0.1) is 0 Å². The summed E-state index contributed by atoms with van der Waals surface area (Å²) in [5.74, 6) is 0.563. The first-order chi connectivity index (χ1) is 13.2. The summed E-state index contributed by atoms with van der Waals surface area (Å²) < 4.78 is 5.06. The SMILES string of the molecule is COCC(=O)N(Cc1ccccc1)Cc1nc(C)ncc1-c1ccccn1. The Balaban J connectivity index is 1.93. The Hall–Kier alpha value is -3.12. The molecule has 27 heavy (non-hydrogen) atoms. The van der Waals surface area contributed by atoms with E-state index in [0.717, 1.165) is 22.5 Å². The molecule has 0 aliphatic rings. The summed E-state index contributed by atoms with van der Waals surface area (Å²) in [6.45, 7) is 2.69. The third-order valence-corrected chi connectivity index (χ3v) is 4.11. The third kappa shape index (κ3) is 4.95. The van der Waals surface area contributed by atoms with Crippen LogP contribution in [0.3, 0.4) is 0 Å². The largest absolute Gasteiger partial charge is 0.375 e. The minimum absolute atomic E-state index is 0.0236. The Morgan fingerprint density at radius 3 is 2.52 bits per heavy atom. The van der Waals surface area contributed by atoms with E-state index in [0.29, 0.717) is 18.9 Å². The van der Waals surface area contributed by atoms with Crippen LogP contribution in [0.2, 0.25) is 0 Å². The van der Waals surface area contributed by atoms with E-state index < -0.39 is 0 Å². The monoisotopic (exact) mass is 362 g/mol. The highest BCUT2D eigenvalue weighted by Gasteiger charge is 2.18. The predicted molar refractivity (Wildman–Crippen MR) is 103 cm³/mol. The van der Waals surface area contributed by atoms with Gasteiger partial charge in [0.15, 0.2) is 0 Å². The van der Waals surface area contributed by atoms with Gasteiger partial charge in [0.2, 0.25) is 5.91 Å². The van der Waals surface area contributed by atoms with Crippen molar-refractivity contribution in [2.75, 3.05) is 13.7 Å². The number of aryl methyl sites for hydroxylation is 1. The molecule has 1 amide bonds. The molecule has 0 N–H and O–H groups in total. The molecule has 0 spiro atoms. The quantitative estimate of drug-likeness (QED) is 0.646. The molecule has 0 bridgehead atoms. The van der Waals surface area contributed by atoms with E-state index >= 15 is 0 Å². The number of ether oxygens (including phenoxy) is 1. The maximum atomic E-state index is 12.6. The van der Waals surface area contributed by atoms with Gasteiger partial charge in [-0.2, -0.15) is 0 Å². The van der Waals surface area contributed by atoms with Crippen LogP contribution in [0.5, 0.6) is 0 Å². The van der Waals surface area contributed by atoms with E-state index in [1.165, 1.54) is 7.11 Å². The van der Waals surface area contributed by atoms with Crippen molar-refractivity contribution in [3.8, 4) is 11.3 Å². The maximum absolute atomic E-state index is 12.6. The molecule has 1 aromatic carbocycles. The highest BCUT2D eigenvalue weighted by atomic mass is 16.5. The lowest BCUT2D eigenvalue weighted by atomic mass is 10.1. The summed E-state index contributed by atoms with van der Waals surface area (Å²) in [5, 5.41) is 0. The zero-order chi connectivity index (χ0) is 19.1. The number of hydrogen-bond donors (Lipinski definition) is 0. The maximum Gasteiger partial charge on any atom is 0.249 e. The van der Waals surface area contributed by atoms with Gasteiger partial charge >= 0.3 is 0 Å². The van der Waals surface area contributed by atoms with Gasteiger partial charge in [0.1, 0.15) is 12.4 Å². The van der Waals surface area contributed by atoms with Gasteiger partial charge in [-0.25, -0.2) is 9.97 Å². The molecule has 6 nitrogen and oxygen atoms in total. The van der Waals surface area contributed by atoms with Crippen molar-refractivity contribution in [3.05, 3.63) is 78.0 Å². The number of methoxy groups -OCH3 is 1. The molecule has 138 valence electrons. The van der Waals surface area contributed by atoms with Gasteiger partial charge in [-0.1, -0.05) is 36.4 Å². The number of carbonyl (C=O) groups is 1. The average Bonchev–Trinajstić information content (AvgIpc) is 2.69. The van der Waals surface area contributed by atoms with E-state index in [2.05, 4.69) is 15.0 Å². The molecule has 3 rings (SSSR count). The first-order valence-corrected chi connectivity index (χ1v) is 8.72. The van der Waals surface area contributed by atoms with Crippen LogP contribution >= 0.6 is 0 Å². The highest BCUT2D eigenvalue weighted by molar-refractivity contribution is 5.77. The van der Waals surface area contributed by atoms with Crippen LogP contribution in [-0.2, 0) is 22.6 Å². The number of rotatable bonds is 7. The lowest BCUT2D eigenvalue weighted by Gasteiger charge is -2.23. The van der Waals surface area contributed by atoms with E-state index in [9.17, 15) is 4.79 Å². The standard InChI is InChI=1S/C21H22N4O2/c1-16-23-12-18(19-10-6-7-11-22-19)20(24-16)14-25(21(26)15-27-2)13-17-8-4-3-5-9-17/h3-12H,13-15H2,1-2H3. The van der Waals surface area contributed by atoms with Gasteiger partial charge in [0.25, 0.3) is 0 Å². The lowest BCUT2D eigenvalue weighted by Crippen LogP contribution is -2.33. The molecule has 0 radical (unpaired) electrons. The smallest absolute Gasteiger partial charge is 0.249 e. The second kappa shape index (κ2) is 9.00. The van der Waals surface area contributed by atoms with Gasteiger partial charge in [0, 0.05) is 31.6 Å². The normalized spacial score (nSPS) is 10.6. The summed E-state index contributed by atoms with van der Waals surface area (Å²) in [6, 6.07) is 15.6. The van der Waals surface area contributed by atoms with Crippen LogP contribution in [0.15, 0.2) is 60.9 Å². The average molecular weight is 362 g/mol. The van der Waals surface area contributed by atoms with E-state index in [-0.39, 0.29) is 12.5 Å². The fourth-order valence-corrected chi connectivity index (χ4v) is 2.81. The molecular formula is C21H22N4O2. The summed E-state index contributed by atoms with van der Waals surface area (Å²) in [6.07, 6.45) is 3.50. The van der Waals surface area contributed by atoms with Crippen molar-refractivity contribution >= 4 is 5.91 Å². The lowest BCUT2D eigenvalue weighted by molar-refractivity contribution is -0.136.